The minimum absolute atomic E-state index is 0.0653. The van der Waals surface area contributed by atoms with E-state index in [9.17, 15) is 9.59 Å². The highest BCUT2D eigenvalue weighted by Crippen LogP contribution is 2.12. The van der Waals surface area contributed by atoms with Gasteiger partial charge >= 0.3 is 0 Å². The van der Waals surface area contributed by atoms with Crippen LogP contribution in [0.15, 0.2) is 0 Å². The molecule has 0 atom stereocenters. The van der Waals surface area contributed by atoms with E-state index in [0.29, 0.717) is 6.54 Å². The fourth-order valence-electron chi connectivity index (χ4n) is 0.917. The van der Waals surface area contributed by atoms with Crippen molar-refractivity contribution in [2.24, 2.45) is 11.1 Å². The van der Waals surface area contributed by atoms with E-state index >= 15 is 0 Å². The van der Waals surface area contributed by atoms with Gasteiger partial charge in [0.25, 0.3) is 0 Å². The molecule has 0 unspecified atom stereocenters. The molecule has 0 saturated carbocycles. The number of hydrogen-bond acceptors (Lipinski definition) is 3. The number of nitrogens with two attached hydrogens (primary N) is 1. The number of amides is 2. The largest absolute Gasteiger partial charge is 0.369 e. The van der Waals surface area contributed by atoms with Crippen molar-refractivity contribution in [2.45, 2.75) is 13.8 Å². The van der Waals surface area contributed by atoms with Crippen molar-refractivity contribution in [1.82, 2.24) is 10.6 Å². The highest BCUT2D eigenvalue weighted by molar-refractivity contribution is 5.82. The molecule has 4 N–H and O–H groups in total. The van der Waals surface area contributed by atoms with Crippen LogP contribution in [0.1, 0.15) is 13.8 Å². The molecule has 0 radical (unpaired) electrons. The third-order valence-corrected chi connectivity index (χ3v) is 1.71. The first-order chi connectivity index (χ1) is 5.90. The van der Waals surface area contributed by atoms with Crippen molar-refractivity contribution < 1.29 is 9.59 Å². The van der Waals surface area contributed by atoms with E-state index in [1.54, 1.807) is 20.9 Å². The smallest absolute Gasteiger partial charge is 0.231 e. The van der Waals surface area contributed by atoms with Gasteiger partial charge in [0.15, 0.2) is 0 Å². The Morgan fingerprint density at radius 1 is 1.38 bits per heavy atom. The maximum Gasteiger partial charge on any atom is 0.231 e. The average molecular weight is 187 g/mol. The SMILES string of the molecule is CNC(=O)C(C)(C)CNCC(N)=O. The monoisotopic (exact) mass is 187 g/mol. The summed E-state index contributed by atoms with van der Waals surface area (Å²) in [5.74, 6) is -0.489. The molecule has 0 fully saturated rings. The summed E-state index contributed by atoms with van der Waals surface area (Å²) in [5, 5.41) is 5.35. The first-order valence-corrected chi connectivity index (χ1v) is 4.11. The van der Waals surface area contributed by atoms with Crippen LogP contribution in [0.2, 0.25) is 0 Å². The van der Waals surface area contributed by atoms with Gasteiger partial charge in [-0.2, -0.15) is 0 Å². The number of carbonyl (C=O) groups excluding carboxylic acids is 2. The third kappa shape index (κ3) is 4.47. The van der Waals surface area contributed by atoms with Gasteiger partial charge < -0.3 is 16.4 Å². The van der Waals surface area contributed by atoms with Crippen molar-refractivity contribution in [3.8, 4) is 0 Å². The van der Waals surface area contributed by atoms with E-state index in [1.807, 2.05) is 0 Å². The minimum Gasteiger partial charge on any atom is -0.369 e. The molecule has 0 saturated heterocycles. The predicted molar refractivity (Wildman–Crippen MR) is 49.9 cm³/mol. The van der Waals surface area contributed by atoms with E-state index in [2.05, 4.69) is 10.6 Å². The Bertz CT molecular complexity index is 202. The number of carbonyl (C=O) groups is 2. The molecule has 0 aromatic heterocycles. The van der Waals surface area contributed by atoms with Crippen molar-refractivity contribution in [1.29, 1.82) is 0 Å². The summed E-state index contributed by atoms with van der Waals surface area (Å²) in [6.45, 7) is 4.11. The Morgan fingerprint density at radius 3 is 2.31 bits per heavy atom. The van der Waals surface area contributed by atoms with Crippen LogP contribution in [0.25, 0.3) is 0 Å². The summed E-state index contributed by atoms with van der Waals surface area (Å²) in [7, 11) is 1.58. The molecule has 0 heterocycles. The summed E-state index contributed by atoms with van der Waals surface area (Å²) >= 11 is 0. The topological polar surface area (TPSA) is 84.2 Å². The van der Waals surface area contributed by atoms with Crippen molar-refractivity contribution in [3.05, 3.63) is 0 Å². The van der Waals surface area contributed by atoms with Gasteiger partial charge in [0.05, 0.1) is 12.0 Å². The van der Waals surface area contributed by atoms with Gasteiger partial charge in [0, 0.05) is 13.6 Å². The van der Waals surface area contributed by atoms with Gasteiger partial charge in [-0.3, -0.25) is 9.59 Å². The molecule has 0 aliphatic rings. The van der Waals surface area contributed by atoms with Gasteiger partial charge in [-0.1, -0.05) is 0 Å². The molecular formula is C8H17N3O2. The second-order valence-corrected chi connectivity index (χ2v) is 3.53. The average Bonchev–Trinajstić information content (AvgIpc) is 2.01. The quantitative estimate of drug-likeness (QED) is 0.507. The van der Waals surface area contributed by atoms with E-state index in [4.69, 9.17) is 5.73 Å². The van der Waals surface area contributed by atoms with E-state index in [0.717, 1.165) is 0 Å². The number of hydrogen-bond donors (Lipinski definition) is 3. The van der Waals surface area contributed by atoms with Crippen LogP contribution in [-0.4, -0.2) is 32.0 Å². The molecular weight excluding hydrogens is 170 g/mol. The van der Waals surface area contributed by atoms with Gasteiger partial charge in [-0.15, -0.1) is 0 Å². The maximum absolute atomic E-state index is 11.2. The van der Waals surface area contributed by atoms with Crippen LogP contribution in [0, 0.1) is 5.41 Å². The fourth-order valence-corrected chi connectivity index (χ4v) is 0.917. The molecule has 0 spiro atoms. The van der Waals surface area contributed by atoms with E-state index in [-0.39, 0.29) is 12.5 Å². The Kier molecular flexibility index (Phi) is 4.40. The first kappa shape index (κ1) is 11.9. The number of nitrogens with one attached hydrogen (secondary N) is 2. The second kappa shape index (κ2) is 4.81. The number of primary amides is 1. The lowest BCUT2D eigenvalue weighted by Crippen LogP contribution is -2.43. The van der Waals surface area contributed by atoms with E-state index < -0.39 is 11.3 Å². The molecule has 0 aliphatic carbocycles. The highest BCUT2D eigenvalue weighted by atomic mass is 16.2. The predicted octanol–water partition coefficient (Wildman–Crippen LogP) is -1.17. The van der Waals surface area contributed by atoms with Gasteiger partial charge in [0.1, 0.15) is 0 Å². The summed E-state index contributed by atoms with van der Waals surface area (Å²) in [4.78, 5) is 21.6. The molecule has 0 aliphatic heterocycles. The van der Waals surface area contributed by atoms with Gasteiger partial charge in [-0.25, -0.2) is 0 Å². The Balaban J connectivity index is 3.89. The Morgan fingerprint density at radius 2 is 1.92 bits per heavy atom. The minimum atomic E-state index is -0.524. The zero-order valence-corrected chi connectivity index (χ0v) is 8.31. The molecule has 76 valence electrons. The fraction of sp³-hybridized carbons (Fsp3) is 0.750. The Labute approximate surface area is 78.1 Å². The zero-order chi connectivity index (χ0) is 10.5. The first-order valence-electron chi connectivity index (χ1n) is 4.11. The molecule has 2 amide bonds. The molecule has 5 heteroatoms. The third-order valence-electron chi connectivity index (χ3n) is 1.71. The molecule has 0 bridgehead atoms. The van der Waals surface area contributed by atoms with Crippen LogP contribution >= 0.6 is 0 Å². The summed E-state index contributed by atoms with van der Waals surface area (Å²) in [6, 6.07) is 0. The maximum atomic E-state index is 11.2. The summed E-state index contributed by atoms with van der Waals surface area (Å²) in [5.41, 5.74) is 4.40. The van der Waals surface area contributed by atoms with Crippen LogP contribution in [0.3, 0.4) is 0 Å². The van der Waals surface area contributed by atoms with E-state index in [1.165, 1.54) is 0 Å². The Hall–Kier alpha value is -1.10. The molecule has 0 aromatic carbocycles. The molecule has 0 rings (SSSR count). The molecule has 0 aromatic rings. The van der Waals surface area contributed by atoms with Crippen molar-refractivity contribution in [3.63, 3.8) is 0 Å². The van der Waals surface area contributed by atoms with Crippen LogP contribution in [0.5, 0.6) is 0 Å². The zero-order valence-electron chi connectivity index (χ0n) is 8.31. The van der Waals surface area contributed by atoms with Crippen molar-refractivity contribution >= 4 is 11.8 Å². The standard InChI is InChI=1S/C8H17N3O2/c1-8(2,7(13)10-3)5-11-4-6(9)12/h11H,4-5H2,1-3H3,(H2,9,12)(H,10,13). The highest BCUT2D eigenvalue weighted by Gasteiger charge is 2.25. The van der Waals surface area contributed by atoms with Crippen LogP contribution < -0.4 is 16.4 Å². The lowest BCUT2D eigenvalue weighted by Gasteiger charge is -2.22. The normalized spacial score (nSPS) is 11.0. The van der Waals surface area contributed by atoms with Crippen LogP contribution in [0.4, 0.5) is 0 Å². The lowest BCUT2D eigenvalue weighted by molar-refractivity contribution is -0.129. The summed E-state index contributed by atoms with van der Waals surface area (Å²) < 4.78 is 0. The van der Waals surface area contributed by atoms with Gasteiger partial charge in [0.2, 0.25) is 11.8 Å². The number of rotatable bonds is 5. The van der Waals surface area contributed by atoms with Crippen LogP contribution in [-0.2, 0) is 9.59 Å². The second-order valence-electron chi connectivity index (χ2n) is 3.53. The lowest BCUT2D eigenvalue weighted by atomic mass is 9.92. The summed E-state index contributed by atoms with van der Waals surface area (Å²) in [6.07, 6.45) is 0. The van der Waals surface area contributed by atoms with Crippen molar-refractivity contribution in [2.75, 3.05) is 20.1 Å². The molecule has 5 nitrogen and oxygen atoms in total. The molecule has 13 heavy (non-hydrogen) atoms. The van der Waals surface area contributed by atoms with Gasteiger partial charge in [-0.05, 0) is 13.8 Å².